The summed E-state index contributed by atoms with van der Waals surface area (Å²) in [5.74, 6) is 1.44. The number of thioether (sulfide) groups is 1. The standard InChI is InChI=1S/C18H29N5O2S2/c1-5-14(4)23-17(20-21-18(23)26-12-11-19)15-9-8-10-16(13-15)27(24,25)22(6-2)7-3/h8-10,13-14H,5-7,11-12,19H2,1-4H3/t14-/m0/s1. The molecule has 27 heavy (non-hydrogen) atoms. The van der Waals surface area contributed by atoms with Crippen molar-refractivity contribution in [2.75, 3.05) is 25.4 Å². The topological polar surface area (TPSA) is 94.1 Å². The summed E-state index contributed by atoms with van der Waals surface area (Å²) < 4.78 is 29.3. The summed E-state index contributed by atoms with van der Waals surface area (Å²) in [6.07, 6.45) is 0.915. The summed E-state index contributed by atoms with van der Waals surface area (Å²) in [5.41, 5.74) is 6.37. The highest BCUT2D eigenvalue weighted by atomic mass is 32.2. The maximum absolute atomic E-state index is 12.9. The first-order chi connectivity index (χ1) is 12.9. The number of rotatable bonds is 10. The first-order valence-electron chi connectivity index (χ1n) is 9.28. The van der Waals surface area contributed by atoms with Gasteiger partial charge in [-0.15, -0.1) is 10.2 Å². The van der Waals surface area contributed by atoms with Crippen LogP contribution in [0.2, 0.25) is 0 Å². The minimum absolute atomic E-state index is 0.193. The van der Waals surface area contributed by atoms with E-state index in [9.17, 15) is 8.42 Å². The van der Waals surface area contributed by atoms with Crippen molar-refractivity contribution in [3.05, 3.63) is 24.3 Å². The van der Waals surface area contributed by atoms with Crippen molar-refractivity contribution < 1.29 is 8.42 Å². The number of hydrogen-bond acceptors (Lipinski definition) is 6. The quantitative estimate of drug-likeness (QED) is 0.604. The minimum atomic E-state index is -3.52. The predicted molar refractivity (Wildman–Crippen MR) is 110 cm³/mol. The van der Waals surface area contributed by atoms with Crippen LogP contribution in [0.15, 0.2) is 34.3 Å². The van der Waals surface area contributed by atoms with E-state index < -0.39 is 10.0 Å². The van der Waals surface area contributed by atoms with Crippen LogP contribution < -0.4 is 5.73 Å². The summed E-state index contributed by atoms with van der Waals surface area (Å²) in [7, 11) is -3.52. The summed E-state index contributed by atoms with van der Waals surface area (Å²) in [6, 6.07) is 7.15. The molecule has 7 nitrogen and oxygen atoms in total. The lowest BCUT2D eigenvalue weighted by molar-refractivity contribution is 0.445. The third-order valence-corrected chi connectivity index (χ3v) is 7.50. The van der Waals surface area contributed by atoms with Crippen LogP contribution in [0.25, 0.3) is 11.4 Å². The summed E-state index contributed by atoms with van der Waals surface area (Å²) in [5, 5.41) is 9.49. The van der Waals surface area contributed by atoms with Crippen LogP contribution in [0.4, 0.5) is 0 Å². The van der Waals surface area contributed by atoms with Crippen LogP contribution in [0, 0.1) is 0 Å². The van der Waals surface area contributed by atoms with Gasteiger partial charge in [0.25, 0.3) is 0 Å². The molecule has 1 atom stereocenters. The van der Waals surface area contributed by atoms with E-state index in [4.69, 9.17) is 5.73 Å². The Morgan fingerprint density at radius 3 is 2.52 bits per heavy atom. The van der Waals surface area contributed by atoms with Crippen LogP contribution in [0.1, 0.15) is 40.2 Å². The van der Waals surface area contributed by atoms with Crippen molar-refractivity contribution in [2.45, 2.75) is 50.2 Å². The molecular formula is C18H29N5O2S2. The molecule has 1 aromatic heterocycles. The average Bonchev–Trinajstić information content (AvgIpc) is 3.10. The van der Waals surface area contributed by atoms with Crippen molar-refractivity contribution in [1.29, 1.82) is 0 Å². The Morgan fingerprint density at radius 1 is 1.22 bits per heavy atom. The maximum Gasteiger partial charge on any atom is 0.243 e. The van der Waals surface area contributed by atoms with Gasteiger partial charge in [-0.2, -0.15) is 4.31 Å². The van der Waals surface area contributed by atoms with E-state index in [1.54, 1.807) is 30.0 Å². The van der Waals surface area contributed by atoms with Gasteiger partial charge in [0.1, 0.15) is 0 Å². The number of aromatic nitrogens is 3. The number of nitrogens with two attached hydrogens (primary N) is 1. The highest BCUT2D eigenvalue weighted by Gasteiger charge is 2.24. The molecule has 2 N–H and O–H groups in total. The molecule has 0 aliphatic rings. The second-order valence-electron chi connectivity index (χ2n) is 6.19. The van der Waals surface area contributed by atoms with E-state index in [1.807, 2.05) is 19.9 Å². The van der Waals surface area contributed by atoms with Gasteiger partial charge in [-0.25, -0.2) is 8.42 Å². The van der Waals surface area contributed by atoms with Gasteiger partial charge in [0.2, 0.25) is 10.0 Å². The fourth-order valence-electron chi connectivity index (χ4n) is 2.81. The highest BCUT2D eigenvalue weighted by Crippen LogP contribution is 2.30. The molecule has 0 spiro atoms. The molecule has 0 saturated carbocycles. The van der Waals surface area contributed by atoms with E-state index in [2.05, 4.69) is 28.6 Å². The average molecular weight is 412 g/mol. The Labute approximate surface area is 166 Å². The van der Waals surface area contributed by atoms with Crippen LogP contribution in [-0.2, 0) is 10.0 Å². The molecule has 0 fully saturated rings. The van der Waals surface area contributed by atoms with E-state index in [1.165, 1.54) is 4.31 Å². The molecule has 0 aliphatic heterocycles. The van der Waals surface area contributed by atoms with Gasteiger partial charge in [-0.05, 0) is 25.5 Å². The Balaban J connectivity index is 2.52. The summed E-state index contributed by atoms with van der Waals surface area (Å²) in [6.45, 7) is 9.32. The monoisotopic (exact) mass is 411 g/mol. The molecule has 0 aliphatic carbocycles. The predicted octanol–water partition coefficient (Wildman–Crippen LogP) is 3.00. The van der Waals surface area contributed by atoms with Crippen molar-refractivity contribution in [3.8, 4) is 11.4 Å². The van der Waals surface area contributed by atoms with E-state index in [0.29, 0.717) is 25.5 Å². The van der Waals surface area contributed by atoms with Crippen molar-refractivity contribution in [2.24, 2.45) is 5.73 Å². The molecular weight excluding hydrogens is 382 g/mol. The SMILES string of the molecule is CC[C@H](C)n1c(SCCN)nnc1-c1cccc(S(=O)(=O)N(CC)CC)c1. The van der Waals surface area contributed by atoms with Gasteiger partial charge in [0, 0.05) is 37.0 Å². The van der Waals surface area contributed by atoms with Crippen LogP contribution in [0.5, 0.6) is 0 Å². The van der Waals surface area contributed by atoms with E-state index in [-0.39, 0.29) is 10.9 Å². The Hall–Kier alpha value is -1.42. The number of benzene rings is 1. The zero-order valence-electron chi connectivity index (χ0n) is 16.4. The van der Waals surface area contributed by atoms with Gasteiger partial charge in [0.15, 0.2) is 11.0 Å². The molecule has 0 amide bonds. The third-order valence-electron chi connectivity index (χ3n) is 4.48. The van der Waals surface area contributed by atoms with Crippen LogP contribution in [0.3, 0.4) is 0 Å². The van der Waals surface area contributed by atoms with Crippen molar-refractivity contribution in [3.63, 3.8) is 0 Å². The molecule has 0 saturated heterocycles. The second-order valence-corrected chi connectivity index (χ2v) is 9.19. The van der Waals surface area contributed by atoms with Gasteiger partial charge >= 0.3 is 0 Å². The fraction of sp³-hybridized carbons (Fsp3) is 0.556. The Kier molecular flexibility index (Phi) is 7.84. The van der Waals surface area contributed by atoms with Crippen molar-refractivity contribution >= 4 is 21.8 Å². The van der Waals surface area contributed by atoms with E-state index in [0.717, 1.165) is 22.9 Å². The molecule has 0 radical (unpaired) electrons. The molecule has 2 rings (SSSR count). The Morgan fingerprint density at radius 2 is 1.93 bits per heavy atom. The Bertz CT molecular complexity index is 847. The van der Waals surface area contributed by atoms with Crippen molar-refractivity contribution in [1.82, 2.24) is 19.1 Å². The third kappa shape index (κ3) is 4.71. The highest BCUT2D eigenvalue weighted by molar-refractivity contribution is 7.99. The lowest BCUT2D eigenvalue weighted by Gasteiger charge is -2.19. The molecule has 0 bridgehead atoms. The lowest BCUT2D eigenvalue weighted by Crippen LogP contribution is -2.30. The minimum Gasteiger partial charge on any atom is -0.330 e. The van der Waals surface area contributed by atoms with Crippen LogP contribution in [-0.4, -0.2) is 52.9 Å². The molecule has 0 unspecified atom stereocenters. The smallest absolute Gasteiger partial charge is 0.243 e. The number of hydrogen-bond donors (Lipinski definition) is 1. The largest absolute Gasteiger partial charge is 0.330 e. The fourth-order valence-corrected chi connectivity index (χ4v) is 5.12. The van der Waals surface area contributed by atoms with Crippen LogP contribution >= 0.6 is 11.8 Å². The van der Waals surface area contributed by atoms with Gasteiger partial charge < -0.3 is 5.73 Å². The molecule has 1 heterocycles. The normalized spacial score (nSPS) is 13.3. The molecule has 2 aromatic rings. The molecule has 9 heteroatoms. The number of sulfonamides is 1. The number of nitrogens with zero attached hydrogens (tertiary/aromatic N) is 4. The zero-order valence-corrected chi connectivity index (χ0v) is 18.1. The van der Waals surface area contributed by atoms with Gasteiger partial charge in [-0.1, -0.05) is 44.7 Å². The maximum atomic E-state index is 12.9. The first kappa shape index (κ1) is 21.9. The lowest BCUT2D eigenvalue weighted by atomic mass is 10.2. The van der Waals surface area contributed by atoms with Gasteiger partial charge in [0.05, 0.1) is 4.90 Å². The molecule has 150 valence electrons. The second kappa shape index (κ2) is 9.68. The first-order valence-corrected chi connectivity index (χ1v) is 11.7. The van der Waals surface area contributed by atoms with Gasteiger partial charge in [-0.3, -0.25) is 4.57 Å². The summed E-state index contributed by atoms with van der Waals surface area (Å²) in [4.78, 5) is 0.276. The molecule has 1 aromatic carbocycles. The van der Waals surface area contributed by atoms with E-state index >= 15 is 0 Å². The zero-order chi connectivity index (χ0) is 20.0. The summed E-state index contributed by atoms with van der Waals surface area (Å²) >= 11 is 1.57.